The zero-order chi connectivity index (χ0) is 17.4. The number of carbonyl (C=O) groups excluding carboxylic acids is 1. The van der Waals surface area contributed by atoms with Gasteiger partial charge < -0.3 is 9.84 Å². The summed E-state index contributed by atoms with van der Waals surface area (Å²) < 4.78 is 6.02. The van der Waals surface area contributed by atoms with Crippen LogP contribution in [0.25, 0.3) is 0 Å². The number of ether oxygens (including phenoxy) is 1. The van der Waals surface area contributed by atoms with Crippen molar-refractivity contribution in [3.63, 3.8) is 0 Å². The smallest absolute Gasteiger partial charge is 0.306 e. The van der Waals surface area contributed by atoms with E-state index in [1.165, 1.54) is 31.3 Å². The highest BCUT2D eigenvalue weighted by Crippen LogP contribution is 2.69. The predicted octanol–water partition coefficient (Wildman–Crippen LogP) is 4.39. The number of hydrogen-bond acceptors (Lipinski definition) is 3. The van der Waals surface area contributed by atoms with Gasteiger partial charge in [0.05, 0.1) is 6.10 Å². The zero-order valence-electron chi connectivity index (χ0n) is 15.7. The second kappa shape index (κ2) is 5.12. The Kier molecular flexibility index (Phi) is 3.35. The summed E-state index contributed by atoms with van der Waals surface area (Å²) in [6.45, 7) is 4.91. The van der Waals surface area contributed by atoms with Crippen molar-refractivity contribution < 1.29 is 14.6 Å². The van der Waals surface area contributed by atoms with E-state index in [-0.39, 0.29) is 23.1 Å². The van der Waals surface area contributed by atoms with Crippen LogP contribution in [0, 0.1) is 28.6 Å². The molecule has 0 radical (unpaired) electrons. The molecule has 3 heteroatoms. The van der Waals surface area contributed by atoms with E-state index < -0.39 is 0 Å². The van der Waals surface area contributed by atoms with Crippen LogP contribution >= 0.6 is 0 Å². The van der Waals surface area contributed by atoms with E-state index in [9.17, 15) is 9.90 Å². The fourth-order valence-electron chi connectivity index (χ4n) is 7.94. The number of allylic oxidation sites excluding steroid dienone is 1. The molecular formula is C22H32O3. The lowest BCUT2D eigenvalue weighted by atomic mass is 9.47. The van der Waals surface area contributed by atoms with Gasteiger partial charge in [-0.1, -0.05) is 25.5 Å². The van der Waals surface area contributed by atoms with Gasteiger partial charge in [-0.3, -0.25) is 4.79 Å². The largest absolute Gasteiger partial charge is 0.458 e. The zero-order valence-corrected chi connectivity index (χ0v) is 15.7. The Morgan fingerprint density at radius 2 is 1.88 bits per heavy atom. The molecule has 0 aromatic carbocycles. The first kappa shape index (κ1) is 16.4. The van der Waals surface area contributed by atoms with Crippen LogP contribution in [-0.4, -0.2) is 22.8 Å². The molecule has 5 rings (SSSR count). The first-order valence-electron chi connectivity index (χ1n) is 10.5. The van der Waals surface area contributed by atoms with Crippen molar-refractivity contribution in [3.8, 4) is 0 Å². The Morgan fingerprint density at radius 3 is 2.64 bits per heavy atom. The summed E-state index contributed by atoms with van der Waals surface area (Å²) in [5.41, 5.74) is 1.85. The number of hydrogen-bond donors (Lipinski definition) is 1. The van der Waals surface area contributed by atoms with E-state index >= 15 is 0 Å². The van der Waals surface area contributed by atoms with Crippen molar-refractivity contribution >= 4 is 5.97 Å². The van der Waals surface area contributed by atoms with Crippen molar-refractivity contribution in [1.29, 1.82) is 0 Å². The Bertz CT molecular complexity index is 639. The van der Waals surface area contributed by atoms with Gasteiger partial charge in [0.1, 0.15) is 5.60 Å². The molecule has 4 fully saturated rings. The van der Waals surface area contributed by atoms with E-state index in [2.05, 4.69) is 19.9 Å². The molecule has 1 saturated heterocycles. The third-order valence-corrected chi connectivity index (χ3v) is 9.41. The fraction of sp³-hybridized carbons (Fsp3) is 0.864. The van der Waals surface area contributed by atoms with Crippen LogP contribution in [0.2, 0.25) is 0 Å². The SMILES string of the molecule is C[C@@]12CC[C@@H](O)CC1=CC[C@H]1[C@H]3CC[C@@]4(CCC(=O)O4)[C@]3(C)CC[C@@H]12. The molecule has 138 valence electrons. The molecule has 0 aromatic rings. The Balaban J connectivity index is 1.49. The second-order valence-electron chi connectivity index (χ2n) is 10.1. The summed E-state index contributed by atoms with van der Waals surface area (Å²) in [4.78, 5) is 11.9. The number of rotatable bonds is 0. The van der Waals surface area contributed by atoms with Crippen molar-refractivity contribution in [2.45, 2.75) is 89.8 Å². The standard InChI is InChI=1S/C22H32O3/c1-20-9-5-15(23)13-14(20)3-4-16-17(20)6-10-21(2)18(16)7-11-22(21)12-8-19(24)25-22/h3,15-18,23H,4-13H2,1-2H3/t15-,16-,17+,18-,20-,21-,22-/m1/s1. The first-order valence-corrected chi connectivity index (χ1v) is 10.5. The molecule has 1 aliphatic heterocycles. The first-order chi connectivity index (χ1) is 11.9. The molecule has 1 heterocycles. The number of aliphatic hydroxyl groups is 1. The van der Waals surface area contributed by atoms with Crippen LogP contribution in [-0.2, 0) is 9.53 Å². The third kappa shape index (κ3) is 1.99. The van der Waals surface area contributed by atoms with Crippen LogP contribution in [0.3, 0.4) is 0 Å². The topological polar surface area (TPSA) is 46.5 Å². The van der Waals surface area contributed by atoms with Crippen molar-refractivity contribution in [1.82, 2.24) is 0 Å². The molecule has 25 heavy (non-hydrogen) atoms. The predicted molar refractivity (Wildman–Crippen MR) is 95.8 cm³/mol. The number of esters is 1. The normalized spacial score (nSPS) is 54.5. The maximum Gasteiger partial charge on any atom is 0.306 e. The van der Waals surface area contributed by atoms with E-state index in [1.807, 2.05) is 0 Å². The van der Waals surface area contributed by atoms with E-state index in [0.717, 1.165) is 43.9 Å². The molecular weight excluding hydrogens is 312 g/mol. The van der Waals surface area contributed by atoms with Gasteiger partial charge in [-0.2, -0.15) is 0 Å². The average molecular weight is 344 g/mol. The molecule has 3 saturated carbocycles. The highest BCUT2D eigenvalue weighted by molar-refractivity contribution is 5.72. The highest BCUT2D eigenvalue weighted by Gasteiger charge is 2.66. The van der Waals surface area contributed by atoms with Gasteiger partial charge in [0, 0.05) is 11.8 Å². The van der Waals surface area contributed by atoms with Crippen molar-refractivity contribution in [2.75, 3.05) is 0 Å². The maximum absolute atomic E-state index is 11.9. The van der Waals surface area contributed by atoms with Gasteiger partial charge in [-0.05, 0) is 81.0 Å². The lowest BCUT2D eigenvalue weighted by Gasteiger charge is -2.59. The monoisotopic (exact) mass is 344 g/mol. The molecule has 4 aliphatic carbocycles. The Labute approximate surface area is 151 Å². The van der Waals surface area contributed by atoms with Crippen LogP contribution < -0.4 is 0 Å². The Hall–Kier alpha value is -0.830. The highest BCUT2D eigenvalue weighted by atomic mass is 16.6. The molecule has 1 spiro atoms. The van der Waals surface area contributed by atoms with Crippen LogP contribution in [0.1, 0.15) is 78.1 Å². The van der Waals surface area contributed by atoms with Crippen LogP contribution in [0.5, 0.6) is 0 Å². The minimum absolute atomic E-state index is 0.0306. The summed E-state index contributed by atoms with van der Waals surface area (Å²) in [5, 5.41) is 10.1. The van der Waals surface area contributed by atoms with Gasteiger partial charge in [-0.25, -0.2) is 0 Å². The number of aliphatic hydroxyl groups excluding tert-OH is 1. The number of fused-ring (bicyclic) bond motifs is 6. The summed E-state index contributed by atoms with van der Waals surface area (Å²) in [5.74, 6) is 2.22. The lowest BCUT2D eigenvalue weighted by Crippen LogP contribution is -2.54. The minimum atomic E-state index is -0.159. The average Bonchev–Trinajstić information content (AvgIpc) is 3.10. The summed E-state index contributed by atoms with van der Waals surface area (Å²) in [6, 6.07) is 0. The van der Waals surface area contributed by atoms with Gasteiger partial charge >= 0.3 is 5.97 Å². The molecule has 0 amide bonds. The van der Waals surface area contributed by atoms with E-state index in [0.29, 0.717) is 17.8 Å². The molecule has 7 atom stereocenters. The fourth-order valence-corrected chi connectivity index (χ4v) is 7.94. The molecule has 0 aromatic heterocycles. The molecule has 5 aliphatic rings. The quantitative estimate of drug-likeness (QED) is 0.524. The summed E-state index contributed by atoms with van der Waals surface area (Å²) >= 11 is 0. The molecule has 0 bridgehead atoms. The van der Waals surface area contributed by atoms with Crippen molar-refractivity contribution in [3.05, 3.63) is 11.6 Å². The number of carbonyl (C=O) groups is 1. The minimum Gasteiger partial charge on any atom is -0.458 e. The van der Waals surface area contributed by atoms with Crippen LogP contribution in [0.15, 0.2) is 11.6 Å². The van der Waals surface area contributed by atoms with Gasteiger partial charge in [0.25, 0.3) is 0 Å². The van der Waals surface area contributed by atoms with E-state index in [4.69, 9.17) is 4.74 Å². The maximum atomic E-state index is 11.9. The lowest BCUT2D eigenvalue weighted by molar-refractivity contribution is -0.167. The van der Waals surface area contributed by atoms with Gasteiger partial charge in [-0.15, -0.1) is 0 Å². The van der Waals surface area contributed by atoms with Gasteiger partial charge in [0.2, 0.25) is 0 Å². The molecule has 3 nitrogen and oxygen atoms in total. The molecule has 1 N–H and O–H groups in total. The van der Waals surface area contributed by atoms with Gasteiger partial charge in [0.15, 0.2) is 0 Å². The summed E-state index contributed by atoms with van der Waals surface area (Å²) in [6.07, 6.45) is 12.9. The second-order valence-corrected chi connectivity index (χ2v) is 10.1. The van der Waals surface area contributed by atoms with Crippen LogP contribution in [0.4, 0.5) is 0 Å². The molecule has 0 unspecified atom stereocenters. The Morgan fingerprint density at radius 1 is 1.08 bits per heavy atom. The third-order valence-electron chi connectivity index (χ3n) is 9.41. The summed E-state index contributed by atoms with van der Waals surface area (Å²) in [7, 11) is 0. The van der Waals surface area contributed by atoms with E-state index in [1.54, 1.807) is 0 Å². The van der Waals surface area contributed by atoms with Crippen molar-refractivity contribution in [2.24, 2.45) is 28.6 Å².